The lowest BCUT2D eigenvalue weighted by molar-refractivity contribution is 0.565. The SMILES string of the molecule is ClC1CCCCCC1c1ccnn1-c1ccccc1. The zero-order chi connectivity index (χ0) is 13.1. The molecule has 1 aromatic heterocycles. The molecule has 3 heteroatoms. The third-order valence-corrected chi connectivity index (χ3v) is 4.51. The summed E-state index contributed by atoms with van der Waals surface area (Å²) in [6.07, 6.45) is 8.01. The lowest BCUT2D eigenvalue weighted by Gasteiger charge is -2.21. The molecule has 2 unspecified atom stereocenters. The lowest BCUT2D eigenvalue weighted by atomic mass is 9.96. The van der Waals surface area contributed by atoms with Crippen molar-refractivity contribution in [3.05, 3.63) is 48.3 Å². The van der Waals surface area contributed by atoms with Crippen molar-refractivity contribution in [1.82, 2.24) is 9.78 Å². The van der Waals surface area contributed by atoms with E-state index in [2.05, 4.69) is 23.3 Å². The fraction of sp³-hybridized carbons (Fsp3) is 0.438. The van der Waals surface area contributed by atoms with Gasteiger partial charge in [0.05, 0.1) is 5.69 Å². The van der Waals surface area contributed by atoms with Crippen molar-refractivity contribution in [1.29, 1.82) is 0 Å². The molecule has 0 amide bonds. The van der Waals surface area contributed by atoms with Gasteiger partial charge in [0.15, 0.2) is 0 Å². The molecule has 0 bridgehead atoms. The fourth-order valence-electron chi connectivity index (χ4n) is 2.97. The molecule has 0 saturated heterocycles. The first-order valence-electron chi connectivity index (χ1n) is 7.09. The quantitative estimate of drug-likeness (QED) is 0.581. The number of hydrogen-bond acceptors (Lipinski definition) is 1. The maximum Gasteiger partial charge on any atom is 0.0648 e. The van der Waals surface area contributed by atoms with Crippen LogP contribution in [0.3, 0.4) is 0 Å². The molecular formula is C16H19ClN2. The van der Waals surface area contributed by atoms with Crippen molar-refractivity contribution in [2.45, 2.75) is 43.4 Å². The van der Waals surface area contributed by atoms with Gasteiger partial charge in [0.2, 0.25) is 0 Å². The standard InChI is InChI=1S/C16H19ClN2/c17-15-10-6-2-5-9-14(15)16-11-12-18-19(16)13-7-3-1-4-8-13/h1,3-4,7-8,11-12,14-15H,2,5-6,9-10H2. The molecule has 1 aliphatic carbocycles. The largest absolute Gasteiger partial charge is 0.237 e. The Morgan fingerprint density at radius 3 is 2.63 bits per heavy atom. The Morgan fingerprint density at radius 2 is 1.79 bits per heavy atom. The van der Waals surface area contributed by atoms with E-state index in [1.165, 1.54) is 31.4 Å². The van der Waals surface area contributed by atoms with Gasteiger partial charge in [-0.05, 0) is 31.0 Å². The lowest BCUT2D eigenvalue weighted by Crippen LogP contribution is -2.15. The average Bonchev–Trinajstić information content (AvgIpc) is 2.83. The molecule has 0 spiro atoms. The number of hydrogen-bond donors (Lipinski definition) is 0. The molecule has 2 aromatic rings. The first kappa shape index (κ1) is 12.7. The smallest absolute Gasteiger partial charge is 0.0648 e. The van der Waals surface area contributed by atoms with E-state index < -0.39 is 0 Å². The van der Waals surface area contributed by atoms with Crippen LogP contribution in [0.25, 0.3) is 5.69 Å². The molecule has 0 radical (unpaired) electrons. The third kappa shape index (κ3) is 2.69. The van der Waals surface area contributed by atoms with E-state index in [-0.39, 0.29) is 5.38 Å². The summed E-state index contributed by atoms with van der Waals surface area (Å²) in [6.45, 7) is 0. The molecular weight excluding hydrogens is 256 g/mol. The van der Waals surface area contributed by atoms with Gasteiger partial charge in [0, 0.05) is 23.2 Å². The van der Waals surface area contributed by atoms with Gasteiger partial charge in [0.25, 0.3) is 0 Å². The number of benzene rings is 1. The molecule has 1 saturated carbocycles. The van der Waals surface area contributed by atoms with Crippen LogP contribution in [0.15, 0.2) is 42.6 Å². The maximum atomic E-state index is 6.60. The fourth-order valence-corrected chi connectivity index (χ4v) is 3.38. The van der Waals surface area contributed by atoms with Crippen LogP contribution in [-0.2, 0) is 0 Å². The number of para-hydroxylation sites is 1. The van der Waals surface area contributed by atoms with E-state index in [0.29, 0.717) is 5.92 Å². The van der Waals surface area contributed by atoms with E-state index in [9.17, 15) is 0 Å². The van der Waals surface area contributed by atoms with Crippen LogP contribution < -0.4 is 0 Å². The second kappa shape index (κ2) is 5.79. The predicted octanol–water partition coefficient (Wildman–Crippen LogP) is 4.53. The summed E-state index contributed by atoms with van der Waals surface area (Å²) >= 11 is 6.60. The van der Waals surface area contributed by atoms with Crippen molar-refractivity contribution in [2.75, 3.05) is 0 Å². The Balaban J connectivity index is 1.95. The molecule has 1 aromatic carbocycles. The number of rotatable bonds is 2. The van der Waals surface area contributed by atoms with Crippen LogP contribution in [-0.4, -0.2) is 15.2 Å². The predicted molar refractivity (Wildman–Crippen MR) is 79.0 cm³/mol. The summed E-state index contributed by atoms with van der Waals surface area (Å²) in [6, 6.07) is 12.4. The zero-order valence-corrected chi connectivity index (χ0v) is 11.8. The Morgan fingerprint density at radius 1 is 1.00 bits per heavy atom. The van der Waals surface area contributed by atoms with Crippen molar-refractivity contribution in [3.63, 3.8) is 0 Å². The minimum atomic E-state index is 0.238. The van der Waals surface area contributed by atoms with E-state index in [1.807, 2.05) is 29.1 Å². The molecule has 0 aliphatic heterocycles. The van der Waals surface area contributed by atoms with Gasteiger partial charge in [-0.15, -0.1) is 11.6 Å². The van der Waals surface area contributed by atoms with Crippen LogP contribution >= 0.6 is 11.6 Å². The Hall–Kier alpha value is -1.28. The van der Waals surface area contributed by atoms with Gasteiger partial charge in [-0.2, -0.15) is 5.10 Å². The van der Waals surface area contributed by atoms with Gasteiger partial charge in [-0.1, -0.05) is 37.5 Å². The molecule has 100 valence electrons. The van der Waals surface area contributed by atoms with Crippen LogP contribution in [0, 0.1) is 0 Å². The van der Waals surface area contributed by atoms with Crippen molar-refractivity contribution < 1.29 is 0 Å². The van der Waals surface area contributed by atoms with E-state index >= 15 is 0 Å². The Bertz CT molecular complexity index is 521. The summed E-state index contributed by atoms with van der Waals surface area (Å²) in [7, 11) is 0. The van der Waals surface area contributed by atoms with Crippen molar-refractivity contribution >= 4 is 11.6 Å². The van der Waals surface area contributed by atoms with Crippen molar-refractivity contribution in [2.24, 2.45) is 0 Å². The minimum absolute atomic E-state index is 0.238. The Kier molecular flexibility index (Phi) is 3.88. The molecule has 2 nitrogen and oxygen atoms in total. The highest BCUT2D eigenvalue weighted by atomic mass is 35.5. The van der Waals surface area contributed by atoms with E-state index in [1.54, 1.807) is 0 Å². The van der Waals surface area contributed by atoms with Crippen molar-refractivity contribution in [3.8, 4) is 5.69 Å². The van der Waals surface area contributed by atoms with Gasteiger partial charge in [-0.25, -0.2) is 4.68 Å². The van der Waals surface area contributed by atoms with Crippen LogP contribution in [0.4, 0.5) is 0 Å². The molecule has 1 heterocycles. The third-order valence-electron chi connectivity index (χ3n) is 3.98. The number of alkyl halides is 1. The second-order valence-electron chi connectivity index (χ2n) is 5.26. The molecule has 19 heavy (non-hydrogen) atoms. The first-order chi connectivity index (χ1) is 9.36. The highest BCUT2D eigenvalue weighted by Gasteiger charge is 2.26. The summed E-state index contributed by atoms with van der Waals surface area (Å²) in [4.78, 5) is 0. The number of halogens is 1. The van der Waals surface area contributed by atoms with E-state index in [4.69, 9.17) is 11.6 Å². The van der Waals surface area contributed by atoms with Gasteiger partial charge in [0.1, 0.15) is 0 Å². The summed E-state index contributed by atoms with van der Waals surface area (Å²) in [5.74, 6) is 0.423. The average molecular weight is 275 g/mol. The number of nitrogens with zero attached hydrogens (tertiary/aromatic N) is 2. The van der Waals surface area contributed by atoms with Crippen LogP contribution in [0.1, 0.15) is 43.7 Å². The van der Waals surface area contributed by atoms with Crippen LogP contribution in [0.5, 0.6) is 0 Å². The van der Waals surface area contributed by atoms with Gasteiger partial charge >= 0.3 is 0 Å². The summed E-state index contributed by atoms with van der Waals surface area (Å²) in [5.41, 5.74) is 2.38. The number of aromatic nitrogens is 2. The zero-order valence-electron chi connectivity index (χ0n) is 11.0. The second-order valence-corrected chi connectivity index (χ2v) is 5.82. The molecule has 0 N–H and O–H groups in total. The summed E-state index contributed by atoms with van der Waals surface area (Å²) in [5, 5.41) is 4.72. The normalized spacial score (nSPS) is 24.1. The summed E-state index contributed by atoms with van der Waals surface area (Å²) < 4.78 is 2.05. The topological polar surface area (TPSA) is 17.8 Å². The van der Waals surface area contributed by atoms with E-state index in [0.717, 1.165) is 12.1 Å². The molecule has 2 atom stereocenters. The molecule has 3 rings (SSSR count). The molecule has 1 aliphatic rings. The highest BCUT2D eigenvalue weighted by Crippen LogP contribution is 2.35. The Labute approximate surface area is 119 Å². The maximum absolute atomic E-state index is 6.60. The monoisotopic (exact) mass is 274 g/mol. The highest BCUT2D eigenvalue weighted by molar-refractivity contribution is 6.21. The minimum Gasteiger partial charge on any atom is -0.237 e. The van der Waals surface area contributed by atoms with Gasteiger partial charge < -0.3 is 0 Å². The van der Waals surface area contributed by atoms with Crippen LogP contribution in [0.2, 0.25) is 0 Å². The molecule has 1 fully saturated rings. The first-order valence-corrected chi connectivity index (χ1v) is 7.53. The van der Waals surface area contributed by atoms with Gasteiger partial charge in [-0.3, -0.25) is 0 Å².